The normalized spacial score (nSPS) is 28.7. The summed E-state index contributed by atoms with van der Waals surface area (Å²) < 4.78 is 18.5. The second kappa shape index (κ2) is 12.5. The number of ether oxygens (including phenoxy) is 3. The van der Waals surface area contributed by atoms with Gasteiger partial charge in [-0.3, -0.25) is 0 Å². The first-order valence-electron chi connectivity index (χ1n) is 11.0. The second-order valence-corrected chi connectivity index (χ2v) is 8.28. The topological polar surface area (TPSA) is 72.4 Å². The summed E-state index contributed by atoms with van der Waals surface area (Å²) in [7, 11) is 0. The number of rotatable bonds is 7. The van der Waals surface area contributed by atoms with Gasteiger partial charge in [0, 0.05) is 13.0 Å². The summed E-state index contributed by atoms with van der Waals surface area (Å²) in [5.74, 6) is -0.216. The van der Waals surface area contributed by atoms with Gasteiger partial charge in [-0.2, -0.15) is 0 Å². The Balaban J connectivity index is 0.00000300. The molecule has 3 N–H and O–H groups in total. The van der Waals surface area contributed by atoms with Crippen molar-refractivity contribution in [1.82, 2.24) is 0 Å². The lowest BCUT2D eigenvalue weighted by molar-refractivity contribution is -0.410. The number of aryl methyl sites for hydroxylation is 1. The van der Waals surface area contributed by atoms with E-state index in [1.165, 1.54) is 18.4 Å². The van der Waals surface area contributed by atoms with E-state index in [2.05, 4.69) is 30.0 Å². The molecule has 0 radical (unpaired) electrons. The number of esters is 1. The van der Waals surface area contributed by atoms with Crippen LogP contribution < -0.4 is 18.1 Å². The molecule has 0 amide bonds. The van der Waals surface area contributed by atoms with Gasteiger partial charge in [0.1, 0.15) is 12.2 Å². The number of cyclic esters (lactones) is 1. The van der Waals surface area contributed by atoms with Crippen molar-refractivity contribution in [3.8, 4) is 0 Å². The van der Waals surface area contributed by atoms with Gasteiger partial charge in [-0.15, -0.1) is 0 Å². The van der Waals surface area contributed by atoms with Crippen molar-refractivity contribution in [1.29, 1.82) is 0 Å². The molecule has 1 aromatic carbocycles. The highest BCUT2D eigenvalue weighted by molar-refractivity contribution is 5.74. The molecule has 4 atom stereocenters. The molecule has 0 aromatic heterocycles. The van der Waals surface area contributed by atoms with Gasteiger partial charge in [-0.1, -0.05) is 43.2 Å². The van der Waals surface area contributed by atoms with E-state index in [9.17, 15) is 4.79 Å². The van der Waals surface area contributed by atoms with Crippen LogP contribution in [0.5, 0.6) is 0 Å². The minimum Gasteiger partial charge on any atom is -1.00 e. The van der Waals surface area contributed by atoms with Crippen LogP contribution in [0.25, 0.3) is 0 Å². The molecular weight excluding hydrogens is 390 g/mol. The highest BCUT2D eigenvalue weighted by atomic mass is 35.5. The molecule has 1 heterocycles. The van der Waals surface area contributed by atoms with Crippen LogP contribution in [-0.4, -0.2) is 43.0 Å². The van der Waals surface area contributed by atoms with Gasteiger partial charge in [0.25, 0.3) is 0 Å². The van der Waals surface area contributed by atoms with Crippen molar-refractivity contribution >= 4 is 5.97 Å². The SMILES string of the molecule is C[C@@H]1OC(=O)[C@@H]([NH3+])CCC[C@H](OC2CCCC2)[C@H]1OCCCc1ccccc1.[Cl-]. The third-order valence-electron chi connectivity index (χ3n) is 5.94. The average molecular weight is 426 g/mol. The monoisotopic (exact) mass is 425 g/mol. The lowest BCUT2D eigenvalue weighted by Crippen LogP contribution is -3.00. The van der Waals surface area contributed by atoms with Gasteiger partial charge in [0.15, 0.2) is 6.04 Å². The number of hydrogen-bond donors (Lipinski definition) is 1. The van der Waals surface area contributed by atoms with E-state index >= 15 is 0 Å². The molecule has 3 rings (SSSR count). The molecule has 1 saturated carbocycles. The number of carbonyl (C=O) groups is 1. The van der Waals surface area contributed by atoms with E-state index in [4.69, 9.17) is 14.2 Å². The third-order valence-corrected chi connectivity index (χ3v) is 5.94. The maximum atomic E-state index is 12.3. The summed E-state index contributed by atoms with van der Waals surface area (Å²) in [6, 6.07) is 10.2. The fraction of sp³-hybridized carbons (Fsp3) is 0.696. The summed E-state index contributed by atoms with van der Waals surface area (Å²) in [5, 5.41) is 0. The number of quaternary nitrogens is 1. The molecular formula is C23H36ClNO4. The van der Waals surface area contributed by atoms with E-state index in [-0.39, 0.29) is 42.7 Å². The quantitative estimate of drug-likeness (QED) is 0.495. The molecule has 5 nitrogen and oxygen atoms in total. The van der Waals surface area contributed by atoms with Crippen molar-refractivity contribution in [2.75, 3.05) is 6.61 Å². The molecule has 29 heavy (non-hydrogen) atoms. The maximum Gasteiger partial charge on any atom is 0.365 e. The molecule has 1 saturated heterocycles. The summed E-state index contributed by atoms with van der Waals surface area (Å²) in [6.45, 7) is 2.57. The van der Waals surface area contributed by atoms with Gasteiger partial charge >= 0.3 is 5.97 Å². The lowest BCUT2D eigenvalue weighted by Gasteiger charge is -2.32. The predicted molar refractivity (Wildman–Crippen MR) is 108 cm³/mol. The van der Waals surface area contributed by atoms with Crippen LogP contribution >= 0.6 is 0 Å². The van der Waals surface area contributed by atoms with Crippen LogP contribution in [0.15, 0.2) is 30.3 Å². The Bertz CT molecular complexity index is 594. The van der Waals surface area contributed by atoms with Crippen LogP contribution in [-0.2, 0) is 25.4 Å². The summed E-state index contributed by atoms with van der Waals surface area (Å²) in [4.78, 5) is 12.3. The molecule has 1 aliphatic heterocycles. The summed E-state index contributed by atoms with van der Waals surface area (Å²) in [5.41, 5.74) is 5.28. The molecule has 2 aliphatic rings. The molecule has 0 unspecified atom stereocenters. The van der Waals surface area contributed by atoms with E-state index < -0.39 is 0 Å². The summed E-state index contributed by atoms with van der Waals surface area (Å²) >= 11 is 0. The maximum absolute atomic E-state index is 12.3. The molecule has 6 heteroatoms. The van der Waals surface area contributed by atoms with E-state index in [1.807, 2.05) is 13.0 Å². The number of carbonyl (C=O) groups excluding carboxylic acids is 1. The summed E-state index contributed by atoms with van der Waals surface area (Å²) in [6.07, 6.45) is 8.98. The molecule has 1 aromatic rings. The van der Waals surface area contributed by atoms with E-state index in [0.29, 0.717) is 12.7 Å². The second-order valence-electron chi connectivity index (χ2n) is 8.28. The van der Waals surface area contributed by atoms with Crippen molar-refractivity contribution in [2.45, 2.75) is 95.2 Å². The standard InChI is InChI=1S/C23H35NO4.ClH/c1-17-22(26-16-8-11-18-9-3-2-4-10-18)21(28-19-12-5-6-13-19)15-7-14-20(24)23(25)27-17;/h2-4,9-10,17,19-22H,5-8,11-16,24H2,1H3;1H/t17-,20-,21-,22-;/m0./s1. The van der Waals surface area contributed by atoms with Gasteiger partial charge in [-0.05, 0) is 51.0 Å². The Kier molecular flexibility index (Phi) is 10.4. The number of benzene rings is 1. The van der Waals surface area contributed by atoms with E-state index in [0.717, 1.165) is 44.9 Å². The van der Waals surface area contributed by atoms with Crippen LogP contribution in [0, 0.1) is 0 Å². The number of halogens is 1. The van der Waals surface area contributed by atoms with Gasteiger partial charge < -0.3 is 32.4 Å². The highest BCUT2D eigenvalue weighted by Gasteiger charge is 2.36. The van der Waals surface area contributed by atoms with Gasteiger partial charge in [0.2, 0.25) is 0 Å². The molecule has 2 fully saturated rings. The molecule has 0 spiro atoms. The van der Waals surface area contributed by atoms with Crippen molar-refractivity contribution in [3.63, 3.8) is 0 Å². The first-order chi connectivity index (χ1) is 13.6. The Labute approximate surface area is 181 Å². The molecule has 0 bridgehead atoms. The first kappa shape index (κ1) is 24.1. The largest absolute Gasteiger partial charge is 1.00 e. The van der Waals surface area contributed by atoms with Crippen LogP contribution in [0.2, 0.25) is 0 Å². The van der Waals surface area contributed by atoms with Gasteiger partial charge in [0.05, 0.1) is 12.2 Å². The Hall–Kier alpha value is -1.14. The minimum atomic E-state index is -0.321. The third kappa shape index (κ3) is 7.56. The Morgan fingerprint density at radius 3 is 2.52 bits per heavy atom. The van der Waals surface area contributed by atoms with Crippen molar-refractivity contribution < 1.29 is 37.1 Å². The van der Waals surface area contributed by atoms with Gasteiger partial charge in [-0.25, -0.2) is 4.79 Å². The Morgan fingerprint density at radius 2 is 1.79 bits per heavy atom. The van der Waals surface area contributed by atoms with E-state index in [1.54, 1.807) is 0 Å². The van der Waals surface area contributed by atoms with Crippen LogP contribution in [0.1, 0.15) is 63.9 Å². The molecule has 164 valence electrons. The average Bonchev–Trinajstić information content (AvgIpc) is 3.21. The van der Waals surface area contributed by atoms with Crippen LogP contribution in [0.3, 0.4) is 0 Å². The molecule has 1 aliphatic carbocycles. The zero-order valence-corrected chi connectivity index (χ0v) is 18.3. The minimum absolute atomic E-state index is 0. The van der Waals surface area contributed by atoms with Crippen LogP contribution in [0.4, 0.5) is 0 Å². The predicted octanol–water partition coefficient (Wildman–Crippen LogP) is 0.0623. The zero-order chi connectivity index (χ0) is 19.8. The highest BCUT2D eigenvalue weighted by Crippen LogP contribution is 2.28. The fourth-order valence-electron chi connectivity index (χ4n) is 4.30. The fourth-order valence-corrected chi connectivity index (χ4v) is 4.30. The zero-order valence-electron chi connectivity index (χ0n) is 17.6. The van der Waals surface area contributed by atoms with Crippen molar-refractivity contribution in [2.24, 2.45) is 0 Å². The first-order valence-corrected chi connectivity index (χ1v) is 11.0. The smallest absolute Gasteiger partial charge is 0.365 e. The Morgan fingerprint density at radius 1 is 1.07 bits per heavy atom. The number of hydrogen-bond acceptors (Lipinski definition) is 4. The lowest BCUT2D eigenvalue weighted by atomic mass is 10.0. The van der Waals surface area contributed by atoms with Crippen molar-refractivity contribution in [3.05, 3.63) is 35.9 Å².